The van der Waals surface area contributed by atoms with Gasteiger partial charge in [0.2, 0.25) is 0 Å². The predicted molar refractivity (Wildman–Crippen MR) is 95.4 cm³/mol. The molecule has 0 spiro atoms. The number of carbonyl (C=O) groups is 1. The lowest BCUT2D eigenvalue weighted by atomic mass is 9.55. The Labute approximate surface area is 149 Å². The molecular weight excluding hydrogens is 316 g/mol. The zero-order valence-corrected chi connectivity index (χ0v) is 15.4. The summed E-state index contributed by atoms with van der Waals surface area (Å²) >= 11 is 0. The standard InChI is InChI=1S/C19H30N4O2/c1-19(2)16(14-6-5-11-25-17(14)19)22-18(24)20-9-8-13-12-23-10-4-3-7-15(23)21-13/h12,14,16-17H,3-11H2,1-2H3,(H2,20,22,24). The zero-order chi connectivity index (χ0) is 17.4. The topological polar surface area (TPSA) is 68.2 Å². The fourth-order valence-corrected chi connectivity index (χ4v) is 4.90. The summed E-state index contributed by atoms with van der Waals surface area (Å²) in [6.07, 6.45) is 9.04. The second-order valence-electron chi connectivity index (χ2n) is 8.35. The summed E-state index contributed by atoms with van der Waals surface area (Å²) in [5, 5.41) is 6.19. The van der Waals surface area contributed by atoms with Crippen LogP contribution in [-0.2, 0) is 24.1 Å². The Balaban J connectivity index is 1.25. The molecule has 138 valence electrons. The number of nitrogens with one attached hydrogen (secondary N) is 2. The molecule has 0 aromatic carbocycles. The molecule has 3 unspecified atom stereocenters. The van der Waals surface area contributed by atoms with Crippen LogP contribution in [-0.4, -0.2) is 40.9 Å². The Hall–Kier alpha value is -1.56. The van der Waals surface area contributed by atoms with Gasteiger partial charge in [-0.05, 0) is 25.7 Å². The molecule has 2 N–H and O–H groups in total. The molecule has 1 aromatic rings. The van der Waals surface area contributed by atoms with Gasteiger partial charge in [-0.15, -0.1) is 0 Å². The Kier molecular flexibility index (Phi) is 4.48. The number of hydrogen-bond acceptors (Lipinski definition) is 3. The summed E-state index contributed by atoms with van der Waals surface area (Å²) in [6.45, 7) is 6.95. The molecular formula is C19H30N4O2. The molecule has 6 heteroatoms. The quantitative estimate of drug-likeness (QED) is 0.879. The Morgan fingerprint density at radius 1 is 1.40 bits per heavy atom. The SMILES string of the molecule is CC1(C)C(NC(=O)NCCc2cn3c(n2)CCCC3)C2CCCOC21. The highest BCUT2D eigenvalue weighted by Crippen LogP contribution is 2.51. The minimum absolute atomic E-state index is 0.0192. The average molecular weight is 346 g/mol. The number of ether oxygens (including phenoxy) is 1. The summed E-state index contributed by atoms with van der Waals surface area (Å²) in [5.41, 5.74) is 1.10. The highest BCUT2D eigenvalue weighted by Gasteiger charge is 2.58. The van der Waals surface area contributed by atoms with Crippen LogP contribution in [0.4, 0.5) is 4.79 Å². The second kappa shape index (κ2) is 6.63. The van der Waals surface area contributed by atoms with Crippen LogP contribution in [0.15, 0.2) is 6.20 Å². The van der Waals surface area contributed by atoms with E-state index in [4.69, 9.17) is 4.74 Å². The van der Waals surface area contributed by atoms with Crippen molar-refractivity contribution in [3.8, 4) is 0 Å². The summed E-state index contributed by atoms with van der Waals surface area (Å²) in [5.74, 6) is 1.67. The number of hydrogen-bond donors (Lipinski definition) is 2. The van der Waals surface area contributed by atoms with Gasteiger partial charge < -0.3 is 19.9 Å². The van der Waals surface area contributed by atoms with Gasteiger partial charge in [0.25, 0.3) is 0 Å². The van der Waals surface area contributed by atoms with E-state index in [1.807, 2.05) is 0 Å². The molecule has 1 saturated heterocycles. The van der Waals surface area contributed by atoms with E-state index in [-0.39, 0.29) is 17.5 Å². The van der Waals surface area contributed by atoms with Crippen LogP contribution in [0.2, 0.25) is 0 Å². The van der Waals surface area contributed by atoms with Crippen LogP contribution in [0.3, 0.4) is 0 Å². The van der Waals surface area contributed by atoms with E-state index in [0.717, 1.165) is 44.5 Å². The molecule has 25 heavy (non-hydrogen) atoms. The summed E-state index contributed by atoms with van der Waals surface area (Å²) in [4.78, 5) is 17.0. The van der Waals surface area contributed by atoms with Gasteiger partial charge in [0.1, 0.15) is 5.82 Å². The summed E-state index contributed by atoms with van der Waals surface area (Å²) in [6, 6.07) is 0.142. The number of carbonyl (C=O) groups excluding carboxylic acids is 1. The number of fused-ring (bicyclic) bond motifs is 2. The second-order valence-corrected chi connectivity index (χ2v) is 8.35. The van der Waals surface area contributed by atoms with E-state index >= 15 is 0 Å². The molecule has 3 atom stereocenters. The molecule has 2 aliphatic heterocycles. The molecule has 1 aliphatic carbocycles. The first kappa shape index (κ1) is 16.9. The predicted octanol–water partition coefficient (Wildman–Crippen LogP) is 2.26. The van der Waals surface area contributed by atoms with Crippen molar-refractivity contribution in [1.29, 1.82) is 0 Å². The monoisotopic (exact) mass is 346 g/mol. The fraction of sp³-hybridized carbons (Fsp3) is 0.789. The van der Waals surface area contributed by atoms with E-state index in [1.165, 1.54) is 18.7 Å². The highest BCUT2D eigenvalue weighted by atomic mass is 16.5. The van der Waals surface area contributed by atoms with Crippen molar-refractivity contribution < 1.29 is 9.53 Å². The first-order chi connectivity index (χ1) is 12.1. The third kappa shape index (κ3) is 3.16. The number of imidazole rings is 1. The minimum Gasteiger partial charge on any atom is -0.377 e. The van der Waals surface area contributed by atoms with Gasteiger partial charge in [-0.2, -0.15) is 0 Å². The lowest BCUT2D eigenvalue weighted by Crippen LogP contribution is -2.70. The van der Waals surface area contributed by atoms with Gasteiger partial charge in [-0.1, -0.05) is 13.8 Å². The molecule has 6 nitrogen and oxygen atoms in total. The van der Waals surface area contributed by atoms with Crippen LogP contribution in [0.1, 0.15) is 51.0 Å². The van der Waals surface area contributed by atoms with Crippen molar-refractivity contribution in [3.05, 3.63) is 17.7 Å². The number of aryl methyl sites for hydroxylation is 2. The number of rotatable bonds is 4. The number of aromatic nitrogens is 2. The van der Waals surface area contributed by atoms with Gasteiger partial charge >= 0.3 is 6.03 Å². The van der Waals surface area contributed by atoms with E-state index in [2.05, 4.69) is 40.2 Å². The first-order valence-corrected chi connectivity index (χ1v) is 9.76. The van der Waals surface area contributed by atoms with Gasteiger partial charge in [0.15, 0.2) is 0 Å². The van der Waals surface area contributed by atoms with Crippen molar-refractivity contribution >= 4 is 6.03 Å². The smallest absolute Gasteiger partial charge is 0.315 e. The molecule has 1 saturated carbocycles. The Morgan fingerprint density at radius 3 is 3.12 bits per heavy atom. The summed E-state index contributed by atoms with van der Waals surface area (Å²) in [7, 11) is 0. The van der Waals surface area contributed by atoms with Crippen molar-refractivity contribution in [2.45, 2.75) is 71.1 Å². The van der Waals surface area contributed by atoms with E-state index < -0.39 is 0 Å². The minimum atomic E-state index is -0.0638. The van der Waals surface area contributed by atoms with Crippen LogP contribution < -0.4 is 10.6 Å². The molecule has 1 aromatic heterocycles. The van der Waals surface area contributed by atoms with Crippen molar-refractivity contribution in [2.75, 3.05) is 13.2 Å². The lowest BCUT2D eigenvalue weighted by molar-refractivity contribution is -0.189. The molecule has 2 fully saturated rings. The maximum atomic E-state index is 12.3. The van der Waals surface area contributed by atoms with Crippen LogP contribution >= 0.6 is 0 Å². The van der Waals surface area contributed by atoms with E-state index in [0.29, 0.717) is 18.6 Å². The maximum absolute atomic E-state index is 12.3. The van der Waals surface area contributed by atoms with Crippen molar-refractivity contribution in [2.24, 2.45) is 11.3 Å². The van der Waals surface area contributed by atoms with Gasteiger partial charge in [-0.25, -0.2) is 9.78 Å². The van der Waals surface area contributed by atoms with Crippen molar-refractivity contribution in [3.63, 3.8) is 0 Å². The van der Waals surface area contributed by atoms with Gasteiger partial charge in [-0.3, -0.25) is 0 Å². The van der Waals surface area contributed by atoms with Crippen LogP contribution in [0.25, 0.3) is 0 Å². The third-order valence-corrected chi connectivity index (χ3v) is 6.24. The molecule has 0 radical (unpaired) electrons. The Bertz CT molecular complexity index is 616. The van der Waals surface area contributed by atoms with E-state index in [1.54, 1.807) is 0 Å². The number of amides is 2. The molecule has 0 bridgehead atoms. The number of urea groups is 1. The molecule has 3 aliphatic rings. The van der Waals surface area contributed by atoms with Crippen LogP contribution in [0, 0.1) is 11.3 Å². The van der Waals surface area contributed by atoms with Gasteiger partial charge in [0, 0.05) is 56.1 Å². The van der Waals surface area contributed by atoms with Crippen LogP contribution in [0.5, 0.6) is 0 Å². The first-order valence-electron chi connectivity index (χ1n) is 9.76. The Morgan fingerprint density at radius 2 is 2.28 bits per heavy atom. The third-order valence-electron chi connectivity index (χ3n) is 6.24. The highest BCUT2D eigenvalue weighted by molar-refractivity contribution is 5.74. The number of nitrogens with zero attached hydrogens (tertiary/aromatic N) is 2. The van der Waals surface area contributed by atoms with Crippen molar-refractivity contribution in [1.82, 2.24) is 20.2 Å². The van der Waals surface area contributed by atoms with Gasteiger partial charge in [0.05, 0.1) is 11.8 Å². The normalized spacial score (nSPS) is 29.9. The largest absolute Gasteiger partial charge is 0.377 e. The van der Waals surface area contributed by atoms with E-state index in [9.17, 15) is 4.79 Å². The maximum Gasteiger partial charge on any atom is 0.315 e. The molecule has 4 rings (SSSR count). The molecule has 3 heterocycles. The molecule has 2 amide bonds. The summed E-state index contributed by atoms with van der Waals surface area (Å²) < 4.78 is 8.16. The lowest BCUT2D eigenvalue weighted by Gasteiger charge is -2.59. The average Bonchev–Trinajstić information content (AvgIpc) is 3.02. The zero-order valence-electron chi connectivity index (χ0n) is 15.4. The fourth-order valence-electron chi connectivity index (χ4n) is 4.90.